The lowest BCUT2D eigenvalue weighted by atomic mass is 10.3. The van der Waals surface area contributed by atoms with Crippen LogP contribution in [0.15, 0.2) is 6.07 Å². The summed E-state index contributed by atoms with van der Waals surface area (Å²) in [5.41, 5.74) is 0.925. The standard InChI is InChI=1S/C11H15N5OS/c1-15-9(17-2)5-8(14-15)6-16-10(7-3-4-7)12-13-11(16)18/h5,7H,3-4,6H2,1-2H3,(H,13,18). The number of nitrogens with one attached hydrogen (secondary N) is 1. The van der Waals surface area contributed by atoms with Gasteiger partial charge < -0.3 is 4.74 Å². The number of nitrogens with zero attached hydrogens (tertiary/aromatic N) is 4. The molecule has 7 heteroatoms. The normalized spacial score (nSPS) is 15.0. The van der Waals surface area contributed by atoms with Gasteiger partial charge in [-0.3, -0.25) is 9.67 Å². The first-order valence-corrected chi connectivity index (χ1v) is 6.32. The van der Waals surface area contributed by atoms with Crippen LogP contribution in [0.4, 0.5) is 0 Å². The van der Waals surface area contributed by atoms with Crippen molar-refractivity contribution in [3.63, 3.8) is 0 Å². The maximum absolute atomic E-state index is 5.27. The van der Waals surface area contributed by atoms with E-state index in [2.05, 4.69) is 15.3 Å². The summed E-state index contributed by atoms with van der Waals surface area (Å²) in [6.45, 7) is 0.637. The van der Waals surface area contributed by atoms with E-state index >= 15 is 0 Å². The van der Waals surface area contributed by atoms with E-state index in [4.69, 9.17) is 17.0 Å². The van der Waals surface area contributed by atoms with Crippen LogP contribution in [-0.2, 0) is 13.6 Å². The van der Waals surface area contributed by atoms with Gasteiger partial charge >= 0.3 is 0 Å². The van der Waals surface area contributed by atoms with Crippen LogP contribution in [0.1, 0.15) is 30.3 Å². The van der Waals surface area contributed by atoms with E-state index in [1.807, 2.05) is 17.7 Å². The largest absolute Gasteiger partial charge is 0.481 e. The van der Waals surface area contributed by atoms with Crippen molar-refractivity contribution in [2.24, 2.45) is 7.05 Å². The summed E-state index contributed by atoms with van der Waals surface area (Å²) in [5, 5.41) is 11.6. The second kappa shape index (κ2) is 4.24. The van der Waals surface area contributed by atoms with Gasteiger partial charge in [-0.25, -0.2) is 4.68 Å². The molecule has 18 heavy (non-hydrogen) atoms. The lowest BCUT2D eigenvalue weighted by Gasteiger charge is -2.02. The predicted octanol–water partition coefficient (Wildman–Crippen LogP) is 1.61. The van der Waals surface area contributed by atoms with Gasteiger partial charge in [-0.1, -0.05) is 0 Å². The zero-order chi connectivity index (χ0) is 12.7. The molecule has 0 unspecified atom stereocenters. The monoisotopic (exact) mass is 265 g/mol. The molecule has 1 saturated carbocycles. The Morgan fingerprint density at radius 2 is 2.33 bits per heavy atom. The first-order valence-electron chi connectivity index (χ1n) is 5.91. The highest BCUT2D eigenvalue weighted by Gasteiger charge is 2.29. The van der Waals surface area contributed by atoms with E-state index in [1.54, 1.807) is 11.8 Å². The molecule has 1 aliphatic carbocycles. The van der Waals surface area contributed by atoms with Gasteiger partial charge in [0.25, 0.3) is 0 Å². The molecule has 2 heterocycles. The molecule has 6 nitrogen and oxygen atoms in total. The van der Waals surface area contributed by atoms with Crippen molar-refractivity contribution in [1.82, 2.24) is 24.5 Å². The molecule has 0 spiro atoms. The molecule has 0 aliphatic heterocycles. The highest BCUT2D eigenvalue weighted by molar-refractivity contribution is 7.71. The smallest absolute Gasteiger partial charge is 0.211 e. The number of aromatic amines is 1. The van der Waals surface area contributed by atoms with Gasteiger partial charge in [0, 0.05) is 19.0 Å². The number of aryl methyl sites for hydroxylation is 1. The zero-order valence-corrected chi connectivity index (χ0v) is 11.2. The third-order valence-corrected chi connectivity index (χ3v) is 3.46. The van der Waals surface area contributed by atoms with Crippen molar-refractivity contribution in [2.45, 2.75) is 25.3 Å². The van der Waals surface area contributed by atoms with Crippen molar-refractivity contribution >= 4 is 12.2 Å². The molecule has 0 saturated heterocycles. The molecule has 96 valence electrons. The van der Waals surface area contributed by atoms with E-state index in [9.17, 15) is 0 Å². The molecule has 3 rings (SSSR count). The Morgan fingerprint density at radius 3 is 2.94 bits per heavy atom. The number of rotatable bonds is 4. The number of H-pyrrole nitrogens is 1. The van der Waals surface area contributed by atoms with Gasteiger partial charge in [0.15, 0.2) is 4.77 Å². The van der Waals surface area contributed by atoms with E-state index in [-0.39, 0.29) is 0 Å². The number of methoxy groups -OCH3 is 1. The van der Waals surface area contributed by atoms with Crippen molar-refractivity contribution in [1.29, 1.82) is 0 Å². The molecule has 1 fully saturated rings. The summed E-state index contributed by atoms with van der Waals surface area (Å²) in [7, 11) is 3.50. The van der Waals surface area contributed by atoms with Gasteiger partial charge in [0.2, 0.25) is 5.88 Å². The Hall–Kier alpha value is -1.63. The molecule has 0 aromatic carbocycles. The molecule has 2 aromatic heterocycles. The number of hydrogen-bond donors (Lipinski definition) is 1. The van der Waals surface area contributed by atoms with Crippen LogP contribution in [0.25, 0.3) is 0 Å². The van der Waals surface area contributed by atoms with Gasteiger partial charge in [-0.05, 0) is 25.1 Å². The van der Waals surface area contributed by atoms with Gasteiger partial charge in [-0.2, -0.15) is 10.2 Å². The maximum atomic E-state index is 5.27. The Labute approximate surface area is 110 Å². The quantitative estimate of drug-likeness (QED) is 0.853. The van der Waals surface area contributed by atoms with Crippen LogP contribution in [0.3, 0.4) is 0 Å². The minimum absolute atomic E-state index is 0.559. The van der Waals surface area contributed by atoms with E-state index in [0.29, 0.717) is 17.2 Å². The van der Waals surface area contributed by atoms with Crippen molar-refractivity contribution in [3.8, 4) is 5.88 Å². The van der Waals surface area contributed by atoms with E-state index in [1.165, 1.54) is 12.8 Å². The Morgan fingerprint density at radius 1 is 1.56 bits per heavy atom. The van der Waals surface area contributed by atoms with Gasteiger partial charge in [-0.15, -0.1) is 0 Å². The van der Waals surface area contributed by atoms with Crippen LogP contribution in [0.2, 0.25) is 0 Å². The van der Waals surface area contributed by atoms with Gasteiger partial charge in [0.1, 0.15) is 5.82 Å². The molecule has 2 aromatic rings. The number of hydrogen-bond acceptors (Lipinski definition) is 4. The lowest BCUT2D eigenvalue weighted by Crippen LogP contribution is -2.05. The van der Waals surface area contributed by atoms with Crippen molar-refractivity contribution < 1.29 is 4.74 Å². The van der Waals surface area contributed by atoms with Crippen molar-refractivity contribution in [3.05, 3.63) is 22.4 Å². The molecular weight excluding hydrogens is 250 g/mol. The first kappa shape index (κ1) is 11.5. The summed E-state index contributed by atoms with van der Waals surface area (Å²) < 4.78 is 9.60. The van der Waals surface area contributed by atoms with Crippen LogP contribution < -0.4 is 4.74 Å². The summed E-state index contributed by atoms with van der Waals surface area (Å²) >= 11 is 5.27. The van der Waals surface area contributed by atoms with Crippen LogP contribution in [-0.4, -0.2) is 31.7 Å². The minimum Gasteiger partial charge on any atom is -0.481 e. The molecule has 1 aliphatic rings. The molecule has 0 bridgehead atoms. The molecule has 1 N–H and O–H groups in total. The third-order valence-electron chi connectivity index (χ3n) is 3.15. The third kappa shape index (κ3) is 1.94. The predicted molar refractivity (Wildman–Crippen MR) is 68.2 cm³/mol. The summed E-state index contributed by atoms with van der Waals surface area (Å²) in [6, 6.07) is 1.92. The fourth-order valence-electron chi connectivity index (χ4n) is 2.07. The van der Waals surface area contributed by atoms with Crippen LogP contribution in [0, 0.1) is 4.77 Å². The number of ether oxygens (including phenoxy) is 1. The fraction of sp³-hybridized carbons (Fsp3) is 0.545. The second-order valence-electron chi connectivity index (χ2n) is 4.55. The average molecular weight is 265 g/mol. The van der Waals surface area contributed by atoms with Gasteiger partial charge in [0.05, 0.1) is 19.3 Å². The zero-order valence-electron chi connectivity index (χ0n) is 10.4. The average Bonchev–Trinajstić information content (AvgIpc) is 3.04. The summed E-state index contributed by atoms with van der Waals surface area (Å²) in [6.07, 6.45) is 2.40. The topological polar surface area (TPSA) is 60.7 Å². The molecule has 0 atom stereocenters. The highest BCUT2D eigenvalue weighted by atomic mass is 32.1. The van der Waals surface area contributed by atoms with Crippen LogP contribution in [0.5, 0.6) is 5.88 Å². The summed E-state index contributed by atoms with van der Waals surface area (Å²) in [5.74, 6) is 2.35. The Bertz CT molecular complexity index is 622. The number of aromatic nitrogens is 5. The molecule has 0 amide bonds. The second-order valence-corrected chi connectivity index (χ2v) is 4.94. The Kier molecular flexibility index (Phi) is 2.70. The Balaban J connectivity index is 1.91. The minimum atomic E-state index is 0.559. The van der Waals surface area contributed by atoms with E-state index < -0.39 is 0 Å². The maximum Gasteiger partial charge on any atom is 0.211 e. The SMILES string of the molecule is COc1cc(Cn2c(C3CC3)n[nH]c2=S)nn1C. The van der Waals surface area contributed by atoms with Crippen LogP contribution >= 0.6 is 12.2 Å². The highest BCUT2D eigenvalue weighted by Crippen LogP contribution is 2.39. The molecule has 0 radical (unpaired) electrons. The summed E-state index contributed by atoms with van der Waals surface area (Å²) in [4.78, 5) is 0. The van der Waals surface area contributed by atoms with E-state index in [0.717, 1.165) is 17.4 Å². The molecular formula is C11H15N5OS. The first-order chi connectivity index (χ1) is 8.69. The fourth-order valence-corrected chi connectivity index (χ4v) is 2.28. The van der Waals surface area contributed by atoms with Crippen molar-refractivity contribution in [2.75, 3.05) is 7.11 Å². The lowest BCUT2D eigenvalue weighted by molar-refractivity contribution is 0.373.